The van der Waals surface area contributed by atoms with Crippen LogP contribution in [0.2, 0.25) is 0 Å². The fraction of sp³-hybridized carbons (Fsp3) is 0.125. The molecule has 0 unspecified atom stereocenters. The second-order valence-electron chi connectivity index (χ2n) is 4.54. The SMILES string of the molecule is COn1c(-c2cccnc2)c(C)c2cc(C#N)ccc21. The molecular weight excluding hydrogens is 250 g/mol. The van der Waals surface area contributed by atoms with E-state index in [2.05, 4.69) is 11.1 Å². The Bertz CT molecular complexity index is 813. The summed E-state index contributed by atoms with van der Waals surface area (Å²) in [6.07, 6.45) is 3.55. The maximum Gasteiger partial charge on any atom is 0.104 e. The Labute approximate surface area is 116 Å². The van der Waals surface area contributed by atoms with Gasteiger partial charge in [-0.3, -0.25) is 4.98 Å². The van der Waals surface area contributed by atoms with Crippen LogP contribution >= 0.6 is 0 Å². The Morgan fingerprint density at radius 3 is 2.80 bits per heavy atom. The van der Waals surface area contributed by atoms with Crippen LogP contribution in [0, 0.1) is 18.3 Å². The molecule has 2 aromatic heterocycles. The van der Waals surface area contributed by atoms with Gasteiger partial charge in [0.1, 0.15) is 7.11 Å². The minimum Gasteiger partial charge on any atom is -0.416 e. The molecule has 4 heteroatoms. The van der Waals surface area contributed by atoms with Crippen molar-refractivity contribution in [3.05, 3.63) is 53.9 Å². The lowest BCUT2D eigenvalue weighted by Crippen LogP contribution is -2.07. The number of hydrogen-bond acceptors (Lipinski definition) is 3. The van der Waals surface area contributed by atoms with Gasteiger partial charge in [-0.25, -0.2) is 0 Å². The number of aromatic nitrogens is 2. The van der Waals surface area contributed by atoms with Gasteiger partial charge < -0.3 is 4.84 Å². The molecule has 0 saturated carbocycles. The molecule has 1 aromatic carbocycles. The highest BCUT2D eigenvalue weighted by molar-refractivity contribution is 5.92. The van der Waals surface area contributed by atoms with Crippen LogP contribution in [0.5, 0.6) is 0 Å². The van der Waals surface area contributed by atoms with Gasteiger partial charge in [-0.1, -0.05) is 0 Å². The monoisotopic (exact) mass is 263 g/mol. The van der Waals surface area contributed by atoms with E-state index in [1.807, 2.05) is 37.4 Å². The Morgan fingerprint density at radius 1 is 1.30 bits per heavy atom. The summed E-state index contributed by atoms with van der Waals surface area (Å²) in [5, 5.41) is 10.1. The first-order valence-corrected chi connectivity index (χ1v) is 6.26. The third-order valence-electron chi connectivity index (χ3n) is 3.42. The minimum absolute atomic E-state index is 0.645. The average molecular weight is 263 g/mol. The standard InChI is InChI=1S/C16H13N3O/c1-11-14-8-12(9-17)5-6-15(14)19(20-2)16(11)13-4-3-7-18-10-13/h3-8,10H,1-2H3. The molecule has 0 N–H and O–H groups in total. The van der Waals surface area contributed by atoms with Crippen molar-refractivity contribution in [1.29, 1.82) is 5.26 Å². The number of fused-ring (bicyclic) bond motifs is 1. The van der Waals surface area contributed by atoms with E-state index in [0.29, 0.717) is 5.56 Å². The van der Waals surface area contributed by atoms with Crippen molar-refractivity contribution in [3.8, 4) is 17.3 Å². The Morgan fingerprint density at radius 2 is 2.15 bits per heavy atom. The van der Waals surface area contributed by atoms with Gasteiger partial charge in [0.05, 0.1) is 22.8 Å². The second-order valence-corrected chi connectivity index (χ2v) is 4.54. The van der Waals surface area contributed by atoms with E-state index in [-0.39, 0.29) is 0 Å². The van der Waals surface area contributed by atoms with Gasteiger partial charge in [0.2, 0.25) is 0 Å². The van der Waals surface area contributed by atoms with E-state index in [0.717, 1.165) is 27.7 Å². The molecule has 0 aliphatic carbocycles. The van der Waals surface area contributed by atoms with Gasteiger partial charge in [0, 0.05) is 23.3 Å². The molecular formula is C16H13N3O. The summed E-state index contributed by atoms with van der Waals surface area (Å²) in [5.74, 6) is 0. The molecule has 0 aliphatic heterocycles. The summed E-state index contributed by atoms with van der Waals surface area (Å²) in [5.41, 5.74) is 4.62. The van der Waals surface area contributed by atoms with Crippen molar-refractivity contribution in [3.63, 3.8) is 0 Å². The molecule has 0 aliphatic rings. The summed E-state index contributed by atoms with van der Waals surface area (Å²) in [7, 11) is 1.64. The molecule has 0 radical (unpaired) electrons. The first-order valence-electron chi connectivity index (χ1n) is 6.26. The topological polar surface area (TPSA) is 50.8 Å². The summed E-state index contributed by atoms with van der Waals surface area (Å²) in [6.45, 7) is 2.03. The summed E-state index contributed by atoms with van der Waals surface area (Å²) in [6, 6.07) is 11.7. The third kappa shape index (κ3) is 1.72. The highest BCUT2D eigenvalue weighted by atomic mass is 16.6. The smallest absolute Gasteiger partial charge is 0.104 e. The van der Waals surface area contributed by atoms with Crippen LogP contribution in [0.25, 0.3) is 22.2 Å². The van der Waals surface area contributed by atoms with Crippen molar-refractivity contribution in [2.24, 2.45) is 0 Å². The lowest BCUT2D eigenvalue weighted by atomic mass is 10.1. The molecule has 0 bridgehead atoms. The largest absolute Gasteiger partial charge is 0.416 e. The van der Waals surface area contributed by atoms with E-state index >= 15 is 0 Å². The van der Waals surface area contributed by atoms with E-state index in [4.69, 9.17) is 10.1 Å². The number of aryl methyl sites for hydroxylation is 1. The van der Waals surface area contributed by atoms with E-state index in [1.165, 1.54) is 0 Å². The van der Waals surface area contributed by atoms with Crippen LogP contribution in [0.1, 0.15) is 11.1 Å². The maximum absolute atomic E-state index is 9.04. The predicted octanol–water partition coefficient (Wildman–Crippen LogP) is 2.94. The highest BCUT2D eigenvalue weighted by Gasteiger charge is 2.16. The number of benzene rings is 1. The fourth-order valence-corrected chi connectivity index (χ4v) is 2.51. The molecule has 4 nitrogen and oxygen atoms in total. The van der Waals surface area contributed by atoms with Crippen molar-refractivity contribution >= 4 is 10.9 Å². The lowest BCUT2D eigenvalue weighted by Gasteiger charge is -2.08. The molecule has 0 fully saturated rings. The highest BCUT2D eigenvalue weighted by Crippen LogP contribution is 2.32. The van der Waals surface area contributed by atoms with Gasteiger partial charge in [-0.15, -0.1) is 0 Å². The maximum atomic E-state index is 9.04. The van der Waals surface area contributed by atoms with Gasteiger partial charge >= 0.3 is 0 Å². The zero-order valence-corrected chi connectivity index (χ0v) is 11.3. The molecule has 98 valence electrons. The van der Waals surface area contributed by atoms with Gasteiger partial charge in [-0.05, 0) is 42.8 Å². The molecule has 0 amide bonds. The number of rotatable bonds is 2. The number of hydrogen-bond donors (Lipinski definition) is 0. The Balaban J connectivity index is 2.38. The number of nitriles is 1. The second kappa shape index (κ2) is 4.71. The zero-order chi connectivity index (χ0) is 14.1. The minimum atomic E-state index is 0.645. The van der Waals surface area contributed by atoms with Gasteiger partial charge in [0.15, 0.2) is 0 Å². The predicted molar refractivity (Wildman–Crippen MR) is 77.1 cm³/mol. The van der Waals surface area contributed by atoms with Crippen LogP contribution in [0.3, 0.4) is 0 Å². The number of nitrogens with zero attached hydrogens (tertiary/aromatic N) is 3. The third-order valence-corrected chi connectivity index (χ3v) is 3.42. The first-order chi connectivity index (χ1) is 9.76. The summed E-state index contributed by atoms with van der Waals surface area (Å²) < 4.78 is 1.78. The summed E-state index contributed by atoms with van der Waals surface area (Å²) >= 11 is 0. The molecule has 0 saturated heterocycles. The Hall–Kier alpha value is -2.80. The summed E-state index contributed by atoms with van der Waals surface area (Å²) in [4.78, 5) is 9.67. The van der Waals surface area contributed by atoms with Crippen LogP contribution < -0.4 is 4.84 Å². The quantitative estimate of drug-likeness (QED) is 0.714. The molecule has 0 atom stereocenters. The fourth-order valence-electron chi connectivity index (χ4n) is 2.51. The van der Waals surface area contributed by atoms with Gasteiger partial charge in [0.25, 0.3) is 0 Å². The van der Waals surface area contributed by atoms with Crippen LogP contribution in [-0.4, -0.2) is 16.8 Å². The van der Waals surface area contributed by atoms with E-state index in [9.17, 15) is 0 Å². The van der Waals surface area contributed by atoms with E-state index < -0.39 is 0 Å². The molecule has 0 spiro atoms. The van der Waals surface area contributed by atoms with Crippen molar-refractivity contribution in [1.82, 2.24) is 9.71 Å². The van der Waals surface area contributed by atoms with Crippen LogP contribution in [0.15, 0.2) is 42.7 Å². The lowest BCUT2D eigenvalue weighted by molar-refractivity contribution is 0.183. The van der Waals surface area contributed by atoms with Gasteiger partial charge in [-0.2, -0.15) is 9.99 Å². The number of pyridine rings is 1. The van der Waals surface area contributed by atoms with Crippen molar-refractivity contribution in [2.75, 3.05) is 7.11 Å². The van der Waals surface area contributed by atoms with Crippen molar-refractivity contribution in [2.45, 2.75) is 6.92 Å². The van der Waals surface area contributed by atoms with E-state index in [1.54, 1.807) is 24.1 Å². The Kier molecular flexibility index (Phi) is 2.88. The normalized spacial score (nSPS) is 10.4. The van der Waals surface area contributed by atoms with Crippen LogP contribution in [0.4, 0.5) is 0 Å². The molecule has 3 aromatic rings. The van der Waals surface area contributed by atoms with Crippen LogP contribution in [-0.2, 0) is 0 Å². The molecule has 2 heterocycles. The molecule has 3 rings (SSSR count). The molecule has 20 heavy (non-hydrogen) atoms. The van der Waals surface area contributed by atoms with Crippen molar-refractivity contribution < 1.29 is 4.84 Å². The first kappa shape index (κ1) is 12.2. The average Bonchev–Trinajstić information content (AvgIpc) is 2.80. The zero-order valence-electron chi connectivity index (χ0n) is 11.3.